The highest BCUT2D eigenvalue weighted by atomic mass is 35.5. The third-order valence-corrected chi connectivity index (χ3v) is 31.0. The molecule has 0 radical (unpaired) electrons. The number of likely N-dealkylation sites (tertiary alicyclic amines) is 3. The van der Waals surface area contributed by atoms with Gasteiger partial charge in [0.15, 0.2) is 0 Å². The van der Waals surface area contributed by atoms with Crippen molar-refractivity contribution in [1.29, 1.82) is 0 Å². The number of hydrogen-bond donors (Lipinski definition) is 11. The minimum Gasteiger partial charge on any atom is -0.444 e. The molecule has 11 N–H and O–H groups in total. The zero-order chi connectivity index (χ0) is 95.3. The van der Waals surface area contributed by atoms with Crippen LogP contribution in [-0.4, -0.2) is 222 Å². The van der Waals surface area contributed by atoms with E-state index in [0.29, 0.717) is 50.0 Å². The van der Waals surface area contributed by atoms with Crippen LogP contribution in [0, 0.1) is 76.4 Å². The summed E-state index contributed by atoms with van der Waals surface area (Å²) in [6.45, 7) is 37.9. The van der Waals surface area contributed by atoms with Crippen LogP contribution in [-0.2, 0) is 62.3 Å². The zero-order valence-electron chi connectivity index (χ0n) is 77.3. The number of nitrogens with one attached hydrogen (secondary N) is 11. The van der Waals surface area contributed by atoms with Gasteiger partial charge in [0, 0.05) is 74.0 Å². The molecule has 0 aromatic carbocycles. The highest BCUT2D eigenvalue weighted by Gasteiger charge is 2.76. The Morgan fingerprint density at radius 3 is 1.08 bits per heavy atom. The van der Waals surface area contributed by atoms with Crippen LogP contribution < -0.4 is 58.5 Å². The number of rotatable bonds is 38. The van der Waals surface area contributed by atoms with Gasteiger partial charge in [-0.1, -0.05) is 108 Å². The van der Waals surface area contributed by atoms with E-state index in [0.717, 1.165) is 116 Å². The van der Waals surface area contributed by atoms with Crippen molar-refractivity contribution in [2.45, 2.75) is 315 Å². The van der Waals surface area contributed by atoms with E-state index in [9.17, 15) is 71.9 Å². The molecule has 10 aliphatic carbocycles. The molecule has 10 saturated carbocycles. The summed E-state index contributed by atoms with van der Waals surface area (Å²) in [6, 6.07) is -9.41. The highest BCUT2D eigenvalue weighted by Crippen LogP contribution is 2.68. The van der Waals surface area contributed by atoms with Gasteiger partial charge in [-0.25, -0.2) is 14.4 Å². The summed E-state index contributed by atoms with van der Waals surface area (Å²) in [5.74, 6) is -7.32. The molecule has 720 valence electrons. The van der Waals surface area contributed by atoms with E-state index >= 15 is 0 Å². The van der Waals surface area contributed by atoms with Gasteiger partial charge in [0.2, 0.25) is 52.8 Å². The number of alkyl halides is 4. The van der Waals surface area contributed by atoms with Crippen molar-refractivity contribution in [3.63, 3.8) is 0 Å². The topological polar surface area (TPSA) is 407 Å². The standard InChI is InChI=1S/C37H55N5O5.C30H44Cl2N4O6.C29H43Cl2N5O5/c1-5-7-13-27(31(43)33(45)38-14-6-2)39-32(44)30-28-26(36(28,3)4)21-42(30)34(46)29(25-11-9-8-10-12-25)40-35(47)41-37-18-22-15-23(19-37)17-24(16-22)20-37;1-6-8-15-20(24(37)26(39)33-16-9-7-2)34-25(38)23-21-19(30(21,31)32)17-36(23)27(40)22(18-13-11-10-12-14-18)35-28(41)42-29(3,4)5;1-6-8-14-19(23(37)25(39)32-15-7-2)33-24(38)22-20-18(29(20,30)31)16-36(22)26(40)21(17-12-10-9-11-13-17)34-27(41)35-28(3,4)5/h5-6,22-30H,1-2,7-21H2,3-4H3,(H,38,45)(H,39,44)(H2,40,41,47);6-7,18-23H,1-2,8-17H2,3-5H3,(H,33,39)(H,34,38)(H,35,41);6-7,17-22H,1-2,8-16H2,3-5H3,(H,32,39)(H,33,38)(H2,34,35,41)/t22?,23?,24?,26-,27?,28-,29-,30-,37?;19-,20?,21-,22-,23-;18-,19?,20-,21-,22-/m000/s1. The summed E-state index contributed by atoms with van der Waals surface area (Å²) in [6.07, 6.45) is 31.5. The molecule has 3 unspecified atom stereocenters. The maximum Gasteiger partial charge on any atom is 0.408 e. The number of urea groups is 2. The number of fused-ring (bicyclic) bond motifs is 3. The summed E-state index contributed by atoms with van der Waals surface area (Å²) in [4.78, 5) is 205. The molecule has 14 amide bonds. The van der Waals surface area contributed by atoms with Gasteiger partial charge in [0.1, 0.15) is 50.5 Å². The number of hydrogen-bond acceptors (Lipinski definition) is 16. The summed E-state index contributed by atoms with van der Waals surface area (Å²) >= 11 is 26.0. The van der Waals surface area contributed by atoms with E-state index in [-0.39, 0.29) is 122 Å². The zero-order valence-corrected chi connectivity index (χ0v) is 80.3. The Kier molecular flexibility index (Phi) is 35.6. The van der Waals surface area contributed by atoms with Crippen LogP contribution in [0.2, 0.25) is 0 Å². The minimum absolute atomic E-state index is 0.00230. The van der Waals surface area contributed by atoms with E-state index in [1.165, 1.54) is 41.2 Å². The molecule has 0 aromatic heterocycles. The van der Waals surface area contributed by atoms with E-state index in [1.807, 2.05) is 20.8 Å². The maximum atomic E-state index is 14.6. The van der Waals surface area contributed by atoms with Crippen LogP contribution in [0.5, 0.6) is 0 Å². The van der Waals surface area contributed by atoms with E-state index in [4.69, 9.17) is 51.1 Å². The Hall–Kier alpha value is -8.35. The lowest BCUT2D eigenvalue weighted by Gasteiger charge is -2.56. The van der Waals surface area contributed by atoms with Crippen molar-refractivity contribution in [3.05, 3.63) is 75.9 Å². The number of piperidine rings is 3. The van der Waals surface area contributed by atoms with Crippen LogP contribution in [0.1, 0.15) is 235 Å². The molecular formula is C96H142Cl4N14O16. The van der Waals surface area contributed by atoms with Gasteiger partial charge >= 0.3 is 18.2 Å². The molecule has 3 heterocycles. The quantitative estimate of drug-likeness (QED) is 0.0118. The Morgan fingerprint density at radius 1 is 0.415 bits per heavy atom. The van der Waals surface area contributed by atoms with Crippen molar-refractivity contribution >= 4 is 135 Å². The first kappa shape index (κ1) is 104. The SMILES string of the molecule is C=CCCC(NC(=O)[C@@H]1[C@@H]2[C@H](CN1C(=O)[C@@H](NC(=O)NC(C)(C)C)C1CCCCC1)C2(Cl)Cl)C(=O)C(=O)NCC=C.C=CCCC(NC(=O)[C@@H]1[C@@H]2[C@H](CN1C(=O)[C@@H](NC(=O)NC13CC4CC(CC(C4)C1)C3)C1CCCCC1)C2(C)C)C(=O)C(=O)NCC=C.C=CCCNC(=O)C(=O)C(CCC=C)NC(=O)[C@@H]1[C@@H]2[C@H](CN1C(=O)[C@@H](NC(=O)OC(C)(C)C)C1CCCCC1)C2(Cl)Cl. The van der Waals surface area contributed by atoms with E-state index in [1.54, 1.807) is 50.0 Å². The fourth-order valence-electron chi connectivity index (χ4n) is 22.6. The van der Waals surface area contributed by atoms with Crippen LogP contribution in [0.25, 0.3) is 0 Å². The number of nitrogens with zero attached hydrogens (tertiary/aromatic N) is 3. The number of allylic oxidation sites excluding steroid dienone is 3. The lowest BCUT2D eigenvalue weighted by atomic mass is 9.53. The van der Waals surface area contributed by atoms with Gasteiger partial charge in [-0.05, 0) is 216 Å². The van der Waals surface area contributed by atoms with Gasteiger partial charge in [0.05, 0.1) is 18.1 Å². The number of carbonyl (C=O) groups excluding carboxylic acids is 15. The van der Waals surface area contributed by atoms with Crippen LogP contribution in [0.15, 0.2) is 75.9 Å². The van der Waals surface area contributed by atoms with Crippen molar-refractivity contribution in [2.75, 3.05) is 39.3 Å². The molecule has 3 saturated heterocycles. The molecular weight excluding hydrogens is 1750 g/mol. The largest absolute Gasteiger partial charge is 0.444 e. The highest BCUT2D eigenvalue weighted by molar-refractivity contribution is 6.52. The van der Waals surface area contributed by atoms with E-state index < -0.39 is 157 Å². The molecule has 15 atom stereocenters. The van der Waals surface area contributed by atoms with Gasteiger partial charge in [0.25, 0.3) is 17.7 Å². The molecule has 4 bridgehead atoms. The Balaban J connectivity index is 0.000000203. The summed E-state index contributed by atoms with van der Waals surface area (Å²) in [5, 5.41) is 30.8. The molecule has 13 aliphatic rings. The van der Waals surface area contributed by atoms with Gasteiger partial charge in [-0.15, -0.1) is 85.9 Å². The predicted molar refractivity (Wildman–Crippen MR) is 498 cm³/mol. The smallest absolute Gasteiger partial charge is 0.408 e. The van der Waals surface area contributed by atoms with Crippen molar-refractivity contribution in [1.82, 2.24) is 73.2 Å². The number of ketones is 3. The van der Waals surface area contributed by atoms with Gasteiger partial charge in [-0.2, -0.15) is 0 Å². The molecule has 130 heavy (non-hydrogen) atoms. The lowest BCUT2D eigenvalue weighted by Crippen LogP contribution is -2.64. The van der Waals surface area contributed by atoms with E-state index in [2.05, 4.69) is 112 Å². The monoisotopic (exact) mass is 1890 g/mol. The first-order valence-corrected chi connectivity index (χ1v) is 48.8. The summed E-state index contributed by atoms with van der Waals surface area (Å²) in [7, 11) is 0. The van der Waals surface area contributed by atoms with Crippen molar-refractivity contribution < 1.29 is 76.7 Å². The number of alkyl carbamates (subject to hydrolysis) is 1. The second-order valence-corrected chi connectivity index (χ2v) is 43.9. The Morgan fingerprint density at radius 2 is 0.746 bits per heavy atom. The fourth-order valence-corrected chi connectivity index (χ4v) is 24.2. The molecule has 0 spiro atoms. The minimum atomic E-state index is -1.21. The Labute approximate surface area is 786 Å². The first-order chi connectivity index (χ1) is 61.4. The number of carbonyl (C=O) groups is 15. The first-order valence-electron chi connectivity index (χ1n) is 47.3. The van der Waals surface area contributed by atoms with Crippen LogP contribution >= 0.6 is 46.4 Å². The van der Waals surface area contributed by atoms with Gasteiger partial charge in [-0.3, -0.25) is 57.5 Å². The third-order valence-electron chi connectivity index (χ3n) is 28.8. The number of Topliss-reactive ketones (excluding diaryl/α,β-unsaturated/α-hetero) is 3. The Bertz CT molecular complexity index is 4200. The lowest BCUT2D eigenvalue weighted by molar-refractivity contribution is -0.144. The van der Waals surface area contributed by atoms with Crippen LogP contribution in [0.4, 0.5) is 14.4 Å². The van der Waals surface area contributed by atoms with Crippen molar-refractivity contribution in [2.24, 2.45) is 76.4 Å². The number of amides is 14. The molecule has 30 nitrogen and oxygen atoms in total. The molecule has 13 fully saturated rings. The average Bonchev–Trinajstić information content (AvgIpc) is 1.53. The average molecular weight is 1890 g/mol. The number of ether oxygens (including phenoxy) is 1. The van der Waals surface area contributed by atoms with Gasteiger partial charge < -0.3 is 77.9 Å². The second kappa shape index (κ2) is 44.7. The van der Waals surface area contributed by atoms with Crippen LogP contribution in [0.3, 0.4) is 0 Å². The fraction of sp³-hybridized carbons (Fsp3) is 0.719. The molecule has 13 rings (SSSR count). The molecule has 3 aliphatic heterocycles. The summed E-state index contributed by atoms with van der Waals surface area (Å²) in [5.41, 5.74) is -1.58. The second-order valence-electron chi connectivity index (χ2n) is 41.0. The molecule has 0 aromatic rings. The molecule has 34 heteroatoms. The maximum absolute atomic E-state index is 14.6. The van der Waals surface area contributed by atoms with Crippen molar-refractivity contribution in [3.8, 4) is 0 Å². The predicted octanol–water partition coefficient (Wildman–Crippen LogP) is 10.8. The normalized spacial score (nSPS) is 28.1. The third kappa shape index (κ3) is 25.6. The summed E-state index contributed by atoms with van der Waals surface area (Å²) < 4.78 is 3.05. The number of halogens is 4.